The number of hydrogen-bond donors (Lipinski definition) is 0. The van der Waals surface area contributed by atoms with Crippen molar-refractivity contribution in [2.24, 2.45) is 9.98 Å². The Hall–Kier alpha value is -4.56. The van der Waals surface area contributed by atoms with Crippen LogP contribution >= 0.6 is 0 Å². The van der Waals surface area contributed by atoms with E-state index in [0.717, 1.165) is 33.4 Å². The van der Waals surface area contributed by atoms with Crippen molar-refractivity contribution in [3.63, 3.8) is 0 Å². The Morgan fingerprint density at radius 1 is 0.486 bits per heavy atom. The van der Waals surface area contributed by atoms with E-state index >= 15 is 0 Å². The summed E-state index contributed by atoms with van der Waals surface area (Å²) in [4.78, 5) is 9.15. The standard InChI is InChI=1S/C33H26N2/c1-34-33(35-24-25-17-19-29(20-18-25)26-11-5-2-6-12-26)32-22-30(27-13-7-3-8-14-27)21-31(23-32)28-15-9-4-10-16-28/h2-23H,1,24H2. The fourth-order valence-corrected chi connectivity index (χ4v) is 4.18. The van der Waals surface area contributed by atoms with Gasteiger partial charge in [0.05, 0.1) is 6.54 Å². The molecule has 0 heterocycles. The first-order valence-electron chi connectivity index (χ1n) is 11.7. The van der Waals surface area contributed by atoms with Gasteiger partial charge in [0, 0.05) is 5.56 Å². The van der Waals surface area contributed by atoms with Crippen LogP contribution in [0.25, 0.3) is 33.4 Å². The minimum atomic E-state index is 0.541. The van der Waals surface area contributed by atoms with Crippen LogP contribution in [-0.4, -0.2) is 12.6 Å². The third-order valence-corrected chi connectivity index (χ3v) is 6.03. The van der Waals surface area contributed by atoms with Crippen molar-refractivity contribution in [3.8, 4) is 33.4 Å². The predicted octanol–water partition coefficient (Wildman–Crippen LogP) is 8.34. The molecular formula is C33H26N2. The molecule has 0 saturated heterocycles. The molecule has 0 unspecified atom stereocenters. The number of nitrogens with zero attached hydrogens (tertiary/aromatic N) is 2. The summed E-state index contributed by atoms with van der Waals surface area (Å²) in [5.41, 5.74) is 9.08. The number of rotatable bonds is 6. The van der Waals surface area contributed by atoms with Crippen molar-refractivity contribution in [3.05, 3.63) is 145 Å². The van der Waals surface area contributed by atoms with Crippen LogP contribution in [-0.2, 0) is 6.54 Å². The minimum Gasteiger partial charge on any atom is -0.261 e. The van der Waals surface area contributed by atoms with Gasteiger partial charge in [0.2, 0.25) is 0 Å². The van der Waals surface area contributed by atoms with E-state index in [1.807, 2.05) is 18.2 Å². The summed E-state index contributed by atoms with van der Waals surface area (Å²) in [6, 6.07) is 46.3. The monoisotopic (exact) mass is 450 g/mol. The van der Waals surface area contributed by atoms with Crippen LogP contribution in [0, 0.1) is 0 Å². The van der Waals surface area contributed by atoms with Crippen LogP contribution in [0.3, 0.4) is 0 Å². The molecule has 0 atom stereocenters. The van der Waals surface area contributed by atoms with Crippen LogP contribution in [0.5, 0.6) is 0 Å². The topological polar surface area (TPSA) is 24.7 Å². The SMILES string of the molecule is C=NC(=NCc1ccc(-c2ccccc2)cc1)c1cc(-c2ccccc2)cc(-c2ccccc2)c1. The van der Waals surface area contributed by atoms with Crippen LogP contribution in [0.15, 0.2) is 143 Å². The lowest BCUT2D eigenvalue weighted by Crippen LogP contribution is -1.99. The number of benzene rings is 5. The molecule has 5 aromatic rings. The van der Waals surface area contributed by atoms with Crippen molar-refractivity contribution in [1.29, 1.82) is 0 Å². The molecule has 0 saturated carbocycles. The highest BCUT2D eigenvalue weighted by Crippen LogP contribution is 2.29. The Morgan fingerprint density at radius 2 is 0.914 bits per heavy atom. The molecular weight excluding hydrogens is 424 g/mol. The molecule has 0 bridgehead atoms. The Morgan fingerprint density at radius 3 is 1.37 bits per heavy atom. The highest BCUT2D eigenvalue weighted by Gasteiger charge is 2.09. The van der Waals surface area contributed by atoms with E-state index in [-0.39, 0.29) is 0 Å². The van der Waals surface area contributed by atoms with E-state index < -0.39 is 0 Å². The van der Waals surface area contributed by atoms with Crippen molar-refractivity contribution >= 4 is 12.6 Å². The normalized spacial score (nSPS) is 11.3. The van der Waals surface area contributed by atoms with Gasteiger partial charge < -0.3 is 0 Å². The van der Waals surface area contributed by atoms with Gasteiger partial charge in [0.25, 0.3) is 0 Å². The van der Waals surface area contributed by atoms with Gasteiger partial charge in [-0.2, -0.15) is 0 Å². The van der Waals surface area contributed by atoms with Crippen LogP contribution in [0.2, 0.25) is 0 Å². The van der Waals surface area contributed by atoms with Crippen LogP contribution in [0.1, 0.15) is 11.1 Å². The molecule has 0 aromatic heterocycles. The van der Waals surface area contributed by atoms with E-state index in [2.05, 4.69) is 127 Å². The maximum atomic E-state index is 4.84. The van der Waals surface area contributed by atoms with Crippen molar-refractivity contribution in [2.45, 2.75) is 6.54 Å². The Kier molecular flexibility index (Phi) is 6.72. The summed E-state index contributed by atoms with van der Waals surface area (Å²) in [5, 5.41) is 0. The second kappa shape index (κ2) is 10.6. The first kappa shape index (κ1) is 22.2. The predicted molar refractivity (Wildman–Crippen MR) is 149 cm³/mol. The lowest BCUT2D eigenvalue weighted by atomic mass is 9.95. The van der Waals surface area contributed by atoms with Gasteiger partial charge in [0.1, 0.15) is 0 Å². The maximum absolute atomic E-state index is 4.84. The zero-order valence-electron chi connectivity index (χ0n) is 19.5. The van der Waals surface area contributed by atoms with Gasteiger partial charge in [-0.3, -0.25) is 4.99 Å². The van der Waals surface area contributed by atoms with Gasteiger partial charge in [-0.1, -0.05) is 115 Å². The van der Waals surface area contributed by atoms with Crippen LogP contribution in [0.4, 0.5) is 0 Å². The maximum Gasteiger partial charge on any atom is 0.154 e. The summed E-state index contributed by atoms with van der Waals surface area (Å²) < 4.78 is 0. The molecule has 0 aliphatic heterocycles. The van der Waals surface area contributed by atoms with Crippen molar-refractivity contribution in [1.82, 2.24) is 0 Å². The zero-order chi connectivity index (χ0) is 23.9. The molecule has 0 amide bonds. The van der Waals surface area contributed by atoms with Gasteiger partial charge in [0.15, 0.2) is 5.84 Å². The highest BCUT2D eigenvalue weighted by molar-refractivity contribution is 6.03. The fourth-order valence-electron chi connectivity index (χ4n) is 4.18. The lowest BCUT2D eigenvalue weighted by Gasteiger charge is -2.11. The molecule has 0 fully saturated rings. The third kappa shape index (κ3) is 5.34. The molecule has 5 rings (SSSR count). The first-order chi connectivity index (χ1) is 17.3. The average Bonchev–Trinajstić information content (AvgIpc) is 2.95. The second-order valence-electron chi connectivity index (χ2n) is 8.39. The Labute approximate surface area is 207 Å². The summed E-state index contributed by atoms with van der Waals surface area (Å²) in [6.07, 6.45) is 0. The number of amidine groups is 1. The number of hydrogen-bond acceptors (Lipinski definition) is 1. The van der Waals surface area contributed by atoms with Crippen molar-refractivity contribution in [2.75, 3.05) is 0 Å². The van der Waals surface area contributed by atoms with Gasteiger partial charge in [-0.25, -0.2) is 4.99 Å². The summed E-state index contributed by atoms with van der Waals surface area (Å²) in [7, 11) is 0. The van der Waals surface area contributed by atoms with E-state index in [9.17, 15) is 0 Å². The Bertz CT molecular complexity index is 1380. The van der Waals surface area contributed by atoms with Crippen molar-refractivity contribution < 1.29 is 0 Å². The molecule has 0 spiro atoms. The highest BCUT2D eigenvalue weighted by atomic mass is 14.9. The molecule has 0 aliphatic carbocycles. The summed E-state index contributed by atoms with van der Waals surface area (Å²) in [5.74, 6) is 0.645. The summed E-state index contributed by atoms with van der Waals surface area (Å²) >= 11 is 0. The Balaban J connectivity index is 1.47. The van der Waals surface area contributed by atoms with Gasteiger partial charge in [-0.05, 0) is 63.9 Å². The number of aliphatic imine (C=N–C) groups is 2. The first-order valence-corrected chi connectivity index (χ1v) is 11.7. The average molecular weight is 451 g/mol. The molecule has 5 aromatic carbocycles. The molecule has 0 aliphatic rings. The largest absolute Gasteiger partial charge is 0.261 e. The van der Waals surface area contributed by atoms with E-state index in [1.165, 1.54) is 11.1 Å². The third-order valence-electron chi connectivity index (χ3n) is 6.03. The van der Waals surface area contributed by atoms with E-state index in [0.29, 0.717) is 12.4 Å². The van der Waals surface area contributed by atoms with E-state index in [1.54, 1.807) is 0 Å². The van der Waals surface area contributed by atoms with Gasteiger partial charge in [-0.15, -0.1) is 0 Å². The molecule has 35 heavy (non-hydrogen) atoms. The molecule has 168 valence electrons. The molecule has 0 radical (unpaired) electrons. The van der Waals surface area contributed by atoms with Gasteiger partial charge >= 0.3 is 0 Å². The van der Waals surface area contributed by atoms with E-state index in [4.69, 9.17) is 4.99 Å². The quantitative estimate of drug-likeness (QED) is 0.183. The molecule has 2 nitrogen and oxygen atoms in total. The molecule has 0 N–H and O–H groups in total. The lowest BCUT2D eigenvalue weighted by molar-refractivity contribution is 1.06. The smallest absolute Gasteiger partial charge is 0.154 e. The fraction of sp³-hybridized carbons (Fsp3) is 0.0303. The zero-order valence-corrected chi connectivity index (χ0v) is 19.5. The summed E-state index contributed by atoms with van der Waals surface area (Å²) in [6.45, 7) is 4.37. The minimum absolute atomic E-state index is 0.541. The second-order valence-corrected chi connectivity index (χ2v) is 8.39. The molecule has 2 heteroatoms. The van der Waals surface area contributed by atoms with Crippen LogP contribution < -0.4 is 0 Å².